The van der Waals surface area contributed by atoms with E-state index in [1.165, 1.54) is 11.3 Å². The zero-order valence-corrected chi connectivity index (χ0v) is 28.4. The lowest BCUT2D eigenvalue weighted by Crippen LogP contribution is -2.40. The highest BCUT2D eigenvalue weighted by Crippen LogP contribution is 2.40. The molecule has 0 aliphatic carbocycles. The number of allylic oxidation sites excluding steroid dienone is 1. The Balaban J connectivity index is 1.70. The third kappa shape index (κ3) is 5.50. The molecule has 0 radical (unpaired) electrons. The maximum absolute atomic E-state index is 14.2. The molecule has 5 rings (SSSR count). The molecule has 0 saturated heterocycles. The van der Waals surface area contributed by atoms with Gasteiger partial charge in [0.25, 0.3) is 5.56 Å². The Kier molecular flexibility index (Phi) is 8.90. The van der Waals surface area contributed by atoms with Gasteiger partial charge in [-0.15, -0.1) is 0 Å². The standard InChI is InChI=1S/C33H35BrN4O5S/c1-9-43-32(40)29-19(3)35-33-38(30(29)24-16-26(41-7)27(42-8)17-25(24)34)31(39)28(44-33)15-21-14-18(2)37(20(21)4)23-12-10-22(11-13-23)36(5)6/h10-17,30H,9H2,1-8H3/b28-15+/t30-/m1/s1. The highest BCUT2D eigenvalue weighted by atomic mass is 79.9. The SMILES string of the molecule is CCOC(=O)C1=C(C)N=c2s/c(=C/c3cc(C)n(-c4ccc(N(C)C)cc4)c3C)c(=O)n2[C@@H]1c1cc(OC)c(OC)cc1Br. The van der Waals surface area contributed by atoms with Crippen LogP contribution in [0.25, 0.3) is 11.8 Å². The predicted molar refractivity (Wildman–Crippen MR) is 177 cm³/mol. The maximum atomic E-state index is 14.2. The highest BCUT2D eigenvalue weighted by Gasteiger charge is 2.35. The molecule has 4 aromatic rings. The van der Waals surface area contributed by atoms with E-state index in [1.807, 2.05) is 27.1 Å². The molecule has 0 spiro atoms. The molecular formula is C33H35BrN4O5S. The summed E-state index contributed by atoms with van der Waals surface area (Å²) < 4.78 is 21.4. The molecular weight excluding hydrogens is 644 g/mol. The number of fused-ring (bicyclic) bond motifs is 1. The molecule has 2 aromatic carbocycles. The van der Waals surface area contributed by atoms with Crippen molar-refractivity contribution in [2.24, 2.45) is 4.99 Å². The van der Waals surface area contributed by atoms with E-state index in [2.05, 4.69) is 62.7 Å². The molecule has 0 saturated carbocycles. The summed E-state index contributed by atoms with van der Waals surface area (Å²) in [6.07, 6.45) is 1.90. The fourth-order valence-electron chi connectivity index (χ4n) is 5.54. The first-order valence-electron chi connectivity index (χ1n) is 14.1. The van der Waals surface area contributed by atoms with E-state index in [1.54, 1.807) is 44.8 Å². The van der Waals surface area contributed by atoms with Gasteiger partial charge in [-0.3, -0.25) is 9.36 Å². The normalized spacial score (nSPS) is 14.8. The van der Waals surface area contributed by atoms with Gasteiger partial charge >= 0.3 is 5.97 Å². The third-order valence-electron chi connectivity index (χ3n) is 7.70. The second-order valence-electron chi connectivity index (χ2n) is 10.6. The summed E-state index contributed by atoms with van der Waals surface area (Å²) in [5, 5.41) is 0. The first-order valence-corrected chi connectivity index (χ1v) is 15.7. The summed E-state index contributed by atoms with van der Waals surface area (Å²) in [6, 6.07) is 13.2. The number of benzene rings is 2. The van der Waals surface area contributed by atoms with E-state index in [9.17, 15) is 9.59 Å². The number of aromatic nitrogens is 2. The molecule has 0 amide bonds. The molecule has 230 valence electrons. The fourth-order valence-corrected chi connectivity index (χ4v) is 7.11. The molecule has 11 heteroatoms. The number of anilines is 1. The lowest BCUT2D eigenvalue weighted by Gasteiger charge is -2.26. The van der Waals surface area contributed by atoms with E-state index in [4.69, 9.17) is 19.2 Å². The Hall–Kier alpha value is -4.09. The number of aryl methyl sites for hydroxylation is 1. The molecule has 44 heavy (non-hydrogen) atoms. The number of thiazole rings is 1. The van der Waals surface area contributed by atoms with Gasteiger partial charge in [-0.1, -0.05) is 27.3 Å². The van der Waals surface area contributed by atoms with Gasteiger partial charge in [-0.05, 0) is 87.4 Å². The number of carbonyl (C=O) groups excluding carboxylic acids is 1. The van der Waals surface area contributed by atoms with Gasteiger partial charge in [0.1, 0.15) is 0 Å². The van der Waals surface area contributed by atoms with Crippen LogP contribution in [0.1, 0.15) is 42.4 Å². The second-order valence-corrected chi connectivity index (χ2v) is 12.5. The van der Waals surface area contributed by atoms with Crippen molar-refractivity contribution in [1.29, 1.82) is 0 Å². The number of hydrogen-bond donors (Lipinski definition) is 0. The van der Waals surface area contributed by atoms with Gasteiger partial charge in [-0.25, -0.2) is 9.79 Å². The van der Waals surface area contributed by atoms with Crippen molar-refractivity contribution in [2.75, 3.05) is 39.8 Å². The third-order valence-corrected chi connectivity index (χ3v) is 9.37. The van der Waals surface area contributed by atoms with Gasteiger partial charge in [0, 0.05) is 41.3 Å². The van der Waals surface area contributed by atoms with Crippen LogP contribution in [-0.4, -0.2) is 50.0 Å². The smallest absolute Gasteiger partial charge is 0.338 e. The van der Waals surface area contributed by atoms with E-state index in [0.717, 1.165) is 28.3 Å². The van der Waals surface area contributed by atoms with Gasteiger partial charge in [0.15, 0.2) is 16.3 Å². The summed E-state index contributed by atoms with van der Waals surface area (Å²) >= 11 is 4.94. The Labute approximate surface area is 268 Å². The molecule has 1 aliphatic rings. The molecule has 2 aromatic heterocycles. The van der Waals surface area contributed by atoms with E-state index >= 15 is 0 Å². The molecule has 1 atom stereocenters. The largest absolute Gasteiger partial charge is 0.493 e. The number of esters is 1. The second kappa shape index (κ2) is 12.5. The number of rotatable bonds is 8. The van der Waals surface area contributed by atoms with Crippen LogP contribution in [0.5, 0.6) is 11.5 Å². The average Bonchev–Trinajstić information content (AvgIpc) is 3.45. The minimum atomic E-state index is -0.802. The lowest BCUT2D eigenvalue weighted by molar-refractivity contribution is -0.139. The van der Waals surface area contributed by atoms with Crippen LogP contribution in [0.2, 0.25) is 0 Å². The Morgan fingerprint density at radius 3 is 2.34 bits per heavy atom. The molecule has 0 N–H and O–H groups in total. The first-order chi connectivity index (χ1) is 21.0. The Bertz CT molecular complexity index is 1970. The molecule has 9 nitrogen and oxygen atoms in total. The summed E-state index contributed by atoms with van der Waals surface area (Å²) in [5.74, 6) is 0.455. The monoisotopic (exact) mass is 678 g/mol. The van der Waals surface area contributed by atoms with Crippen molar-refractivity contribution in [2.45, 2.75) is 33.7 Å². The highest BCUT2D eigenvalue weighted by molar-refractivity contribution is 9.10. The molecule has 3 heterocycles. The zero-order valence-electron chi connectivity index (χ0n) is 26.0. The Morgan fingerprint density at radius 2 is 1.73 bits per heavy atom. The van der Waals surface area contributed by atoms with Crippen molar-refractivity contribution in [3.8, 4) is 17.2 Å². The van der Waals surface area contributed by atoms with Crippen molar-refractivity contribution >= 4 is 45.0 Å². The summed E-state index contributed by atoms with van der Waals surface area (Å²) in [7, 11) is 7.12. The van der Waals surface area contributed by atoms with Gasteiger partial charge in [0.2, 0.25) is 0 Å². The number of ether oxygens (including phenoxy) is 3. The van der Waals surface area contributed by atoms with Crippen LogP contribution in [0.4, 0.5) is 5.69 Å². The first kappa shape index (κ1) is 31.3. The molecule has 0 bridgehead atoms. The van der Waals surface area contributed by atoms with Crippen molar-refractivity contribution in [3.05, 3.63) is 100 Å². The Morgan fingerprint density at radius 1 is 1.07 bits per heavy atom. The number of nitrogens with zero attached hydrogens (tertiary/aromatic N) is 4. The van der Waals surface area contributed by atoms with Gasteiger partial charge in [-0.2, -0.15) is 0 Å². The summed E-state index contributed by atoms with van der Waals surface area (Å²) in [6.45, 7) is 7.79. The van der Waals surface area contributed by atoms with Crippen LogP contribution in [0.15, 0.2) is 68.0 Å². The van der Waals surface area contributed by atoms with Crippen LogP contribution >= 0.6 is 27.3 Å². The average molecular weight is 680 g/mol. The van der Waals surface area contributed by atoms with Gasteiger partial charge in [0.05, 0.1) is 42.7 Å². The van der Waals surface area contributed by atoms with Crippen molar-refractivity contribution in [3.63, 3.8) is 0 Å². The van der Waals surface area contributed by atoms with Crippen LogP contribution < -0.4 is 29.3 Å². The fraction of sp³-hybridized carbons (Fsp3) is 0.303. The minimum Gasteiger partial charge on any atom is -0.493 e. The van der Waals surface area contributed by atoms with E-state index < -0.39 is 12.0 Å². The van der Waals surface area contributed by atoms with Crippen LogP contribution in [0, 0.1) is 13.8 Å². The number of hydrogen-bond acceptors (Lipinski definition) is 8. The predicted octanol–water partition coefficient (Wildman–Crippen LogP) is 5.05. The van der Waals surface area contributed by atoms with Crippen LogP contribution in [-0.2, 0) is 9.53 Å². The zero-order chi connectivity index (χ0) is 31.9. The molecule has 0 unspecified atom stereocenters. The quantitative estimate of drug-likeness (QED) is 0.243. The van der Waals surface area contributed by atoms with Gasteiger partial charge < -0.3 is 23.7 Å². The number of carbonyl (C=O) groups is 1. The van der Waals surface area contributed by atoms with Crippen LogP contribution in [0.3, 0.4) is 0 Å². The number of halogens is 1. The summed E-state index contributed by atoms with van der Waals surface area (Å²) in [5.41, 5.74) is 6.31. The van der Waals surface area contributed by atoms with Crippen molar-refractivity contribution < 1.29 is 19.0 Å². The minimum absolute atomic E-state index is 0.188. The number of methoxy groups -OCH3 is 2. The van der Waals surface area contributed by atoms with E-state index in [-0.39, 0.29) is 17.7 Å². The molecule has 0 fully saturated rings. The maximum Gasteiger partial charge on any atom is 0.338 e. The van der Waals surface area contributed by atoms with E-state index in [0.29, 0.717) is 36.6 Å². The summed E-state index contributed by atoms with van der Waals surface area (Å²) in [4.78, 5) is 34.8. The van der Waals surface area contributed by atoms with Crippen molar-refractivity contribution in [1.82, 2.24) is 9.13 Å². The lowest BCUT2D eigenvalue weighted by atomic mass is 9.95. The topological polar surface area (TPSA) is 87.3 Å². The molecule has 1 aliphatic heterocycles.